The van der Waals surface area contributed by atoms with E-state index in [2.05, 4.69) is 5.32 Å². The highest BCUT2D eigenvalue weighted by molar-refractivity contribution is 6.04. The second-order valence-corrected chi connectivity index (χ2v) is 6.31. The number of hydrogen-bond acceptors (Lipinski definition) is 2. The first kappa shape index (κ1) is 17.7. The van der Waals surface area contributed by atoms with E-state index in [9.17, 15) is 9.59 Å². The zero-order valence-electron chi connectivity index (χ0n) is 15.0. The van der Waals surface area contributed by atoms with Crippen molar-refractivity contribution in [1.82, 2.24) is 4.57 Å². The summed E-state index contributed by atoms with van der Waals surface area (Å²) >= 11 is 0. The molecule has 0 aliphatic carbocycles. The highest BCUT2D eigenvalue weighted by Gasteiger charge is 2.13. The largest absolute Gasteiger partial charge is 0.322 e. The maximum absolute atomic E-state index is 12.7. The van der Waals surface area contributed by atoms with Crippen molar-refractivity contribution in [2.24, 2.45) is 0 Å². The van der Waals surface area contributed by atoms with Gasteiger partial charge in [-0.2, -0.15) is 0 Å². The van der Waals surface area contributed by atoms with Crippen molar-refractivity contribution in [3.05, 3.63) is 99.5 Å². The number of aromatic nitrogens is 1. The number of anilines is 1. The topological polar surface area (TPSA) is 51.1 Å². The molecule has 0 radical (unpaired) electrons. The van der Waals surface area contributed by atoms with Crippen molar-refractivity contribution in [2.45, 2.75) is 26.8 Å². The molecule has 132 valence electrons. The molecular formula is C22H22N2O2. The molecule has 4 nitrogen and oxygen atoms in total. The van der Waals surface area contributed by atoms with Crippen LogP contribution >= 0.6 is 0 Å². The summed E-state index contributed by atoms with van der Waals surface area (Å²) in [4.78, 5) is 25.4. The first-order chi connectivity index (χ1) is 12.6. The van der Waals surface area contributed by atoms with Gasteiger partial charge in [0.05, 0.1) is 6.54 Å². The number of amides is 1. The average molecular weight is 346 g/mol. The van der Waals surface area contributed by atoms with Gasteiger partial charge in [0.2, 0.25) is 0 Å². The van der Waals surface area contributed by atoms with Crippen LogP contribution in [-0.2, 0) is 13.0 Å². The molecule has 3 aromatic rings. The van der Waals surface area contributed by atoms with Gasteiger partial charge in [-0.25, -0.2) is 0 Å². The Labute approximate surface area is 153 Å². The van der Waals surface area contributed by atoms with Gasteiger partial charge < -0.3 is 9.88 Å². The molecule has 1 N–H and O–H groups in total. The summed E-state index contributed by atoms with van der Waals surface area (Å²) in [5.41, 5.74) is 3.82. The maximum Gasteiger partial charge on any atom is 0.263 e. The van der Waals surface area contributed by atoms with E-state index in [1.54, 1.807) is 22.9 Å². The number of carbonyl (C=O) groups is 1. The Morgan fingerprint density at radius 2 is 1.73 bits per heavy atom. The molecule has 2 aromatic carbocycles. The van der Waals surface area contributed by atoms with Gasteiger partial charge in [0, 0.05) is 11.9 Å². The van der Waals surface area contributed by atoms with E-state index in [1.807, 2.05) is 62.4 Å². The molecule has 0 aliphatic rings. The van der Waals surface area contributed by atoms with Gasteiger partial charge in [-0.15, -0.1) is 0 Å². The summed E-state index contributed by atoms with van der Waals surface area (Å²) in [6.45, 7) is 4.49. The highest BCUT2D eigenvalue weighted by Crippen LogP contribution is 2.16. The van der Waals surface area contributed by atoms with Crippen LogP contribution in [0.25, 0.3) is 0 Å². The molecule has 26 heavy (non-hydrogen) atoms. The zero-order valence-corrected chi connectivity index (χ0v) is 15.0. The predicted molar refractivity (Wildman–Crippen MR) is 105 cm³/mol. The Morgan fingerprint density at radius 3 is 2.46 bits per heavy atom. The molecule has 0 saturated carbocycles. The van der Waals surface area contributed by atoms with E-state index in [4.69, 9.17) is 0 Å². The zero-order chi connectivity index (χ0) is 18.5. The Balaban J connectivity index is 1.85. The summed E-state index contributed by atoms with van der Waals surface area (Å²) in [7, 11) is 0. The van der Waals surface area contributed by atoms with Gasteiger partial charge in [0.15, 0.2) is 0 Å². The van der Waals surface area contributed by atoms with Crippen molar-refractivity contribution >= 4 is 11.6 Å². The van der Waals surface area contributed by atoms with Crippen molar-refractivity contribution in [3.63, 3.8) is 0 Å². The van der Waals surface area contributed by atoms with Crippen LogP contribution in [0.2, 0.25) is 0 Å². The molecule has 0 fully saturated rings. The number of aryl methyl sites for hydroxylation is 2. The minimum Gasteiger partial charge on any atom is -0.322 e. The number of benzene rings is 2. The van der Waals surface area contributed by atoms with Crippen molar-refractivity contribution in [1.29, 1.82) is 0 Å². The SMILES string of the molecule is CCc1ccccc1NC(=O)c1cccn(Cc2ccc(C)cc2)c1=O. The van der Waals surface area contributed by atoms with Crippen LogP contribution in [0.5, 0.6) is 0 Å². The van der Waals surface area contributed by atoms with E-state index in [0.717, 1.165) is 23.2 Å². The van der Waals surface area contributed by atoms with E-state index >= 15 is 0 Å². The van der Waals surface area contributed by atoms with Crippen molar-refractivity contribution in [3.8, 4) is 0 Å². The number of rotatable bonds is 5. The second kappa shape index (κ2) is 7.83. The Kier molecular flexibility index (Phi) is 5.32. The van der Waals surface area contributed by atoms with Gasteiger partial charge in [-0.3, -0.25) is 9.59 Å². The third kappa shape index (κ3) is 3.91. The second-order valence-electron chi connectivity index (χ2n) is 6.31. The molecule has 0 saturated heterocycles. The van der Waals surface area contributed by atoms with Crippen molar-refractivity contribution < 1.29 is 4.79 Å². The molecule has 1 amide bonds. The van der Waals surface area contributed by atoms with Gasteiger partial charge in [-0.05, 0) is 42.7 Å². The minimum absolute atomic E-state index is 0.144. The number of nitrogens with one attached hydrogen (secondary N) is 1. The lowest BCUT2D eigenvalue weighted by Crippen LogP contribution is -2.29. The molecule has 0 unspecified atom stereocenters. The quantitative estimate of drug-likeness (QED) is 0.758. The van der Waals surface area contributed by atoms with Crippen LogP contribution in [0.1, 0.15) is 34.0 Å². The molecule has 0 aliphatic heterocycles. The van der Waals surface area contributed by atoms with Gasteiger partial charge in [0.25, 0.3) is 11.5 Å². The average Bonchev–Trinajstić information content (AvgIpc) is 2.65. The number of carbonyl (C=O) groups excluding carboxylic acids is 1. The predicted octanol–water partition coefficient (Wildman–Crippen LogP) is 4.02. The molecule has 3 rings (SSSR count). The number of pyridine rings is 1. The van der Waals surface area contributed by atoms with E-state index in [0.29, 0.717) is 6.54 Å². The van der Waals surface area contributed by atoms with E-state index < -0.39 is 0 Å². The number of para-hydroxylation sites is 1. The Hall–Kier alpha value is -3.14. The standard InChI is InChI=1S/C22H22N2O2/c1-3-18-7-4-5-9-20(18)23-21(25)19-8-6-14-24(22(19)26)15-17-12-10-16(2)11-13-17/h4-14H,3,15H2,1-2H3,(H,23,25). The summed E-state index contributed by atoms with van der Waals surface area (Å²) in [5, 5.41) is 2.86. The molecule has 0 atom stereocenters. The lowest BCUT2D eigenvalue weighted by molar-refractivity contribution is 0.102. The lowest BCUT2D eigenvalue weighted by Gasteiger charge is -2.11. The van der Waals surface area contributed by atoms with Crippen LogP contribution in [0.3, 0.4) is 0 Å². The molecule has 0 spiro atoms. The summed E-state index contributed by atoms with van der Waals surface area (Å²) in [5.74, 6) is -0.380. The Bertz CT molecular complexity index is 972. The summed E-state index contributed by atoms with van der Waals surface area (Å²) < 4.78 is 1.56. The fraction of sp³-hybridized carbons (Fsp3) is 0.182. The highest BCUT2D eigenvalue weighted by atomic mass is 16.2. The molecule has 1 heterocycles. The molecular weight excluding hydrogens is 324 g/mol. The van der Waals surface area contributed by atoms with Crippen LogP contribution in [-0.4, -0.2) is 10.5 Å². The lowest BCUT2D eigenvalue weighted by atomic mass is 10.1. The fourth-order valence-electron chi connectivity index (χ4n) is 2.86. The van der Waals surface area contributed by atoms with Crippen molar-refractivity contribution in [2.75, 3.05) is 5.32 Å². The van der Waals surface area contributed by atoms with Crippen LogP contribution in [0, 0.1) is 6.92 Å². The third-order valence-electron chi connectivity index (χ3n) is 4.38. The monoisotopic (exact) mass is 346 g/mol. The van der Waals surface area contributed by atoms with E-state index in [1.165, 1.54) is 5.56 Å². The normalized spacial score (nSPS) is 10.5. The molecule has 0 bridgehead atoms. The first-order valence-electron chi connectivity index (χ1n) is 8.72. The first-order valence-corrected chi connectivity index (χ1v) is 8.72. The number of hydrogen-bond donors (Lipinski definition) is 1. The van der Waals surface area contributed by atoms with Gasteiger partial charge >= 0.3 is 0 Å². The molecule has 1 aromatic heterocycles. The summed E-state index contributed by atoms with van der Waals surface area (Å²) in [6.07, 6.45) is 2.52. The van der Waals surface area contributed by atoms with Crippen LogP contribution in [0.4, 0.5) is 5.69 Å². The maximum atomic E-state index is 12.7. The van der Waals surface area contributed by atoms with Gasteiger partial charge in [0.1, 0.15) is 5.56 Å². The smallest absolute Gasteiger partial charge is 0.263 e. The minimum atomic E-state index is -0.380. The third-order valence-corrected chi connectivity index (χ3v) is 4.38. The molecule has 4 heteroatoms. The van der Waals surface area contributed by atoms with E-state index in [-0.39, 0.29) is 17.0 Å². The Morgan fingerprint density at radius 1 is 1.00 bits per heavy atom. The fourth-order valence-corrected chi connectivity index (χ4v) is 2.86. The van der Waals surface area contributed by atoms with Crippen LogP contribution < -0.4 is 10.9 Å². The summed E-state index contributed by atoms with van der Waals surface area (Å²) in [6, 6.07) is 18.9. The van der Waals surface area contributed by atoms with Gasteiger partial charge in [-0.1, -0.05) is 55.0 Å². The van der Waals surface area contributed by atoms with Crippen LogP contribution in [0.15, 0.2) is 71.7 Å². The number of nitrogens with zero attached hydrogens (tertiary/aromatic N) is 1.